The maximum absolute atomic E-state index is 11.3. The predicted octanol–water partition coefficient (Wildman–Crippen LogP) is 2.91. The summed E-state index contributed by atoms with van der Waals surface area (Å²) in [6, 6.07) is 0.169. The molecule has 114 valence electrons. The van der Waals surface area contributed by atoms with Crippen molar-refractivity contribution in [3.05, 3.63) is 15.6 Å². The van der Waals surface area contributed by atoms with Gasteiger partial charge in [0.1, 0.15) is 0 Å². The number of nitrogens with zero attached hydrogens (tertiary/aromatic N) is 1. The van der Waals surface area contributed by atoms with Crippen molar-refractivity contribution in [2.45, 2.75) is 59.9 Å². The van der Waals surface area contributed by atoms with E-state index in [1.807, 2.05) is 20.8 Å². The van der Waals surface area contributed by atoms with Crippen LogP contribution >= 0.6 is 11.3 Å². The standard InChI is InChI=1S/C15H27N3OS/c1-9(17-8-15(6,7)12(16)19)11-10(2)18-13(20-11)14(3,4)5/h9,17H,8H2,1-7H3,(H2,16,19). The molecule has 1 unspecified atom stereocenters. The number of aryl methyl sites for hydroxylation is 1. The molecule has 1 aromatic heterocycles. The van der Waals surface area contributed by atoms with Gasteiger partial charge in [0.15, 0.2) is 0 Å². The fourth-order valence-electron chi connectivity index (χ4n) is 1.72. The lowest BCUT2D eigenvalue weighted by molar-refractivity contribution is -0.125. The molecule has 1 heterocycles. The summed E-state index contributed by atoms with van der Waals surface area (Å²) in [5, 5.41) is 4.54. The van der Waals surface area contributed by atoms with E-state index in [2.05, 4.69) is 38.0 Å². The van der Waals surface area contributed by atoms with Crippen LogP contribution in [-0.2, 0) is 10.2 Å². The molecule has 0 saturated heterocycles. The molecule has 0 aliphatic heterocycles. The Balaban J connectivity index is 2.81. The second kappa shape index (κ2) is 5.82. The van der Waals surface area contributed by atoms with Gasteiger partial charge in [-0.15, -0.1) is 11.3 Å². The van der Waals surface area contributed by atoms with Crippen LogP contribution in [0.25, 0.3) is 0 Å². The van der Waals surface area contributed by atoms with Crippen molar-refractivity contribution in [1.29, 1.82) is 0 Å². The fourth-order valence-corrected chi connectivity index (χ4v) is 2.87. The molecule has 0 spiro atoms. The normalized spacial score (nSPS) is 14.3. The molecule has 0 aliphatic rings. The quantitative estimate of drug-likeness (QED) is 0.878. The predicted molar refractivity (Wildman–Crippen MR) is 84.9 cm³/mol. The smallest absolute Gasteiger partial charge is 0.224 e. The molecular formula is C15H27N3OS. The van der Waals surface area contributed by atoms with Crippen LogP contribution in [0.5, 0.6) is 0 Å². The Hall–Kier alpha value is -0.940. The van der Waals surface area contributed by atoms with E-state index in [1.54, 1.807) is 11.3 Å². The van der Waals surface area contributed by atoms with Gasteiger partial charge in [0.25, 0.3) is 0 Å². The largest absolute Gasteiger partial charge is 0.369 e. The Morgan fingerprint density at radius 2 is 1.90 bits per heavy atom. The van der Waals surface area contributed by atoms with E-state index in [4.69, 9.17) is 5.73 Å². The lowest BCUT2D eigenvalue weighted by atomic mass is 9.92. The van der Waals surface area contributed by atoms with Gasteiger partial charge in [0, 0.05) is 22.9 Å². The van der Waals surface area contributed by atoms with Crippen LogP contribution < -0.4 is 11.1 Å². The first-order chi connectivity index (χ1) is 8.95. The van der Waals surface area contributed by atoms with Crippen LogP contribution in [0.4, 0.5) is 0 Å². The van der Waals surface area contributed by atoms with Crippen molar-refractivity contribution in [2.24, 2.45) is 11.1 Å². The highest BCUT2D eigenvalue weighted by atomic mass is 32.1. The maximum atomic E-state index is 11.3. The van der Waals surface area contributed by atoms with E-state index in [0.29, 0.717) is 6.54 Å². The SMILES string of the molecule is Cc1nc(C(C)(C)C)sc1C(C)NCC(C)(C)C(N)=O. The molecule has 0 saturated carbocycles. The lowest BCUT2D eigenvalue weighted by Crippen LogP contribution is -2.41. The molecule has 3 N–H and O–H groups in total. The molecule has 20 heavy (non-hydrogen) atoms. The third kappa shape index (κ3) is 4.03. The van der Waals surface area contributed by atoms with Gasteiger partial charge < -0.3 is 11.1 Å². The van der Waals surface area contributed by atoms with Crippen molar-refractivity contribution in [1.82, 2.24) is 10.3 Å². The zero-order valence-electron chi connectivity index (χ0n) is 13.6. The summed E-state index contributed by atoms with van der Waals surface area (Å²) in [6.45, 7) is 14.9. The number of hydrogen-bond acceptors (Lipinski definition) is 4. The van der Waals surface area contributed by atoms with E-state index >= 15 is 0 Å². The van der Waals surface area contributed by atoms with Crippen molar-refractivity contribution in [3.63, 3.8) is 0 Å². The number of primary amides is 1. The summed E-state index contributed by atoms with van der Waals surface area (Å²) >= 11 is 1.74. The van der Waals surface area contributed by atoms with Gasteiger partial charge in [-0.25, -0.2) is 4.98 Å². The molecule has 1 aromatic rings. The van der Waals surface area contributed by atoms with Crippen LogP contribution in [0.2, 0.25) is 0 Å². The summed E-state index contributed by atoms with van der Waals surface area (Å²) in [7, 11) is 0. The number of carbonyl (C=O) groups is 1. The van der Waals surface area contributed by atoms with Gasteiger partial charge in [-0.2, -0.15) is 0 Å². The van der Waals surface area contributed by atoms with Crippen LogP contribution in [0.3, 0.4) is 0 Å². The maximum Gasteiger partial charge on any atom is 0.224 e. The average molecular weight is 297 g/mol. The van der Waals surface area contributed by atoms with Crippen LogP contribution in [0.1, 0.15) is 63.2 Å². The number of nitrogens with one attached hydrogen (secondary N) is 1. The second-order valence-electron chi connectivity index (χ2n) is 7.07. The van der Waals surface area contributed by atoms with Gasteiger partial charge in [0.2, 0.25) is 5.91 Å². The summed E-state index contributed by atoms with van der Waals surface area (Å²) in [5.74, 6) is -0.284. The molecule has 4 nitrogen and oxygen atoms in total. The first-order valence-electron chi connectivity index (χ1n) is 6.96. The second-order valence-corrected chi connectivity index (χ2v) is 8.10. The molecule has 1 amide bonds. The van der Waals surface area contributed by atoms with E-state index < -0.39 is 5.41 Å². The summed E-state index contributed by atoms with van der Waals surface area (Å²) in [5.41, 5.74) is 5.99. The Bertz CT molecular complexity index is 486. The third-order valence-electron chi connectivity index (χ3n) is 3.38. The highest BCUT2D eigenvalue weighted by Gasteiger charge is 2.27. The number of thiazole rings is 1. The third-order valence-corrected chi connectivity index (χ3v) is 5.15. The number of hydrogen-bond donors (Lipinski definition) is 2. The topological polar surface area (TPSA) is 68.0 Å². The van der Waals surface area contributed by atoms with E-state index in [1.165, 1.54) is 4.88 Å². The van der Waals surface area contributed by atoms with Gasteiger partial charge in [0.05, 0.1) is 16.1 Å². The minimum absolute atomic E-state index is 0.0693. The molecule has 0 aliphatic carbocycles. The van der Waals surface area contributed by atoms with Crippen molar-refractivity contribution >= 4 is 17.2 Å². The molecule has 1 atom stereocenters. The molecule has 0 aromatic carbocycles. The number of carbonyl (C=O) groups excluding carboxylic acids is 1. The Kier molecular flexibility index (Phi) is 4.98. The van der Waals surface area contributed by atoms with Gasteiger partial charge in [-0.1, -0.05) is 20.8 Å². The molecule has 1 rings (SSSR count). The van der Waals surface area contributed by atoms with Gasteiger partial charge >= 0.3 is 0 Å². The first kappa shape index (κ1) is 17.1. The van der Waals surface area contributed by atoms with Crippen LogP contribution in [0, 0.1) is 12.3 Å². The summed E-state index contributed by atoms with van der Waals surface area (Å²) in [4.78, 5) is 17.2. The average Bonchev–Trinajstić information content (AvgIpc) is 2.68. The number of nitrogens with two attached hydrogens (primary N) is 1. The van der Waals surface area contributed by atoms with Gasteiger partial charge in [-0.05, 0) is 27.7 Å². The van der Waals surface area contributed by atoms with Gasteiger partial charge in [-0.3, -0.25) is 4.79 Å². The minimum Gasteiger partial charge on any atom is -0.369 e. The Morgan fingerprint density at radius 1 is 1.35 bits per heavy atom. The first-order valence-corrected chi connectivity index (χ1v) is 7.78. The van der Waals surface area contributed by atoms with Crippen molar-refractivity contribution < 1.29 is 4.79 Å². The van der Waals surface area contributed by atoms with E-state index in [0.717, 1.165) is 10.7 Å². The molecule has 5 heteroatoms. The molecule has 0 radical (unpaired) electrons. The zero-order valence-corrected chi connectivity index (χ0v) is 14.4. The lowest BCUT2D eigenvalue weighted by Gasteiger charge is -2.23. The number of rotatable bonds is 5. The van der Waals surface area contributed by atoms with E-state index in [-0.39, 0.29) is 17.4 Å². The summed E-state index contributed by atoms with van der Waals surface area (Å²) in [6.07, 6.45) is 0. The monoisotopic (exact) mass is 297 g/mol. The van der Waals surface area contributed by atoms with Crippen molar-refractivity contribution in [2.75, 3.05) is 6.54 Å². The highest BCUT2D eigenvalue weighted by molar-refractivity contribution is 7.12. The molecule has 0 bridgehead atoms. The van der Waals surface area contributed by atoms with Crippen molar-refractivity contribution in [3.8, 4) is 0 Å². The number of amides is 1. The van der Waals surface area contributed by atoms with Crippen LogP contribution in [-0.4, -0.2) is 17.4 Å². The Labute approximate surface area is 126 Å². The fraction of sp³-hybridized carbons (Fsp3) is 0.733. The minimum atomic E-state index is -0.542. The number of aromatic nitrogens is 1. The summed E-state index contributed by atoms with van der Waals surface area (Å²) < 4.78 is 0. The highest BCUT2D eigenvalue weighted by Crippen LogP contribution is 2.32. The Morgan fingerprint density at radius 3 is 2.30 bits per heavy atom. The molecule has 0 fully saturated rings. The molecular weight excluding hydrogens is 270 g/mol. The van der Waals surface area contributed by atoms with E-state index in [9.17, 15) is 4.79 Å². The van der Waals surface area contributed by atoms with Crippen LogP contribution in [0.15, 0.2) is 0 Å². The zero-order chi connectivity index (χ0) is 15.7.